The van der Waals surface area contributed by atoms with Gasteiger partial charge in [0.05, 0.1) is 33.7 Å². The molecule has 0 saturated carbocycles. The molecule has 0 amide bonds. The van der Waals surface area contributed by atoms with Crippen LogP contribution in [0.1, 0.15) is 37.2 Å². The number of hydrogen-bond acceptors (Lipinski definition) is 7. The van der Waals surface area contributed by atoms with Crippen molar-refractivity contribution in [3.05, 3.63) is 102 Å². The van der Waals surface area contributed by atoms with Gasteiger partial charge in [-0.05, 0) is 54.8 Å². The van der Waals surface area contributed by atoms with Crippen LogP contribution in [-0.2, 0) is 13.0 Å². The van der Waals surface area contributed by atoms with E-state index in [9.17, 15) is 14.9 Å². The van der Waals surface area contributed by atoms with Crippen molar-refractivity contribution < 1.29 is 14.4 Å². The van der Waals surface area contributed by atoms with Gasteiger partial charge in [0, 0.05) is 23.0 Å². The zero-order valence-corrected chi connectivity index (χ0v) is 23.0. The fourth-order valence-corrected chi connectivity index (χ4v) is 4.44. The minimum absolute atomic E-state index is 0.0259. The Labute approximate surface area is 232 Å². The van der Waals surface area contributed by atoms with Gasteiger partial charge in [0.2, 0.25) is 0 Å². The Kier molecular flexibility index (Phi) is 8.75. The molecule has 0 spiro atoms. The second-order valence-corrected chi connectivity index (χ2v) is 9.60. The number of aromatic nitrogens is 2. The Morgan fingerprint density at radius 3 is 2.71 bits per heavy atom. The number of nitro benzene ring substituents is 1. The first-order chi connectivity index (χ1) is 18.3. The summed E-state index contributed by atoms with van der Waals surface area (Å²) < 4.78 is 13.7. The van der Waals surface area contributed by atoms with Crippen LogP contribution in [0.3, 0.4) is 0 Å². The number of fused-ring (bicyclic) bond motifs is 1. The standard InChI is InChI=1S/C27H24BrClN4O5/c1-3-6-25-31-23-10-9-19(28)14-21(23)27(34)32(25)30-15-18-12-22(29)26(24(13-18)37-4-2)38-16-17-7-5-8-20(11-17)33(35)36/h5,7-15H,3-4,6,16H2,1-2H3. The van der Waals surface area contributed by atoms with Crippen molar-refractivity contribution in [2.24, 2.45) is 5.10 Å². The molecule has 0 bridgehead atoms. The molecular weight excluding hydrogens is 576 g/mol. The van der Waals surface area contributed by atoms with Crippen molar-refractivity contribution in [1.29, 1.82) is 0 Å². The molecule has 0 fully saturated rings. The Bertz CT molecular complexity index is 1590. The third kappa shape index (κ3) is 6.20. The monoisotopic (exact) mass is 598 g/mol. The lowest BCUT2D eigenvalue weighted by molar-refractivity contribution is -0.384. The maximum atomic E-state index is 13.2. The molecule has 4 rings (SSSR count). The van der Waals surface area contributed by atoms with Gasteiger partial charge in [-0.3, -0.25) is 14.9 Å². The first-order valence-corrected chi connectivity index (χ1v) is 13.1. The Morgan fingerprint density at radius 1 is 1.16 bits per heavy atom. The number of nitrogens with zero attached hydrogens (tertiary/aromatic N) is 4. The lowest BCUT2D eigenvalue weighted by Crippen LogP contribution is -2.22. The third-order valence-electron chi connectivity index (χ3n) is 5.51. The van der Waals surface area contributed by atoms with Crippen molar-refractivity contribution >= 4 is 50.3 Å². The fraction of sp³-hybridized carbons (Fsp3) is 0.222. The second kappa shape index (κ2) is 12.2. The molecule has 196 valence electrons. The molecule has 0 aliphatic rings. The molecule has 3 aromatic carbocycles. The number of nitro groups is 1. The summed E-state index contributed by atoms with van der Waals surface area (Å²) in [4.78, 5) is 28.5. The van der Waals surface area contributed by atoms with Crippen LogP contribution < -0.4 is 15.0 Å². The molecular formula is C27H24BrClN4O5. The molecule has 0 saturated heterocycles. The van der Waals surface area contributed by atoms with E-state index < -0.39 is 4.92 Å². The van der Waals surface area contributed by atoms with Crippen molar-refractivity contribution in [1.82, 2.24) is 9.66 Å². The fourth-order valence-electron chi connectivity index (χ4n) is 3.80. The van der Waals surface area contributed by atoms with E-state index in [1.165, 1.54) is 23.0 Å². The highest BCUT2D eigenvalue weighted by Crippen LogP contribution is 2.37. The Balaban J connectivity index is 1.67. The third-order valence-corrected chi connectivity index (χ3v) is 6.28. The van der Waals surface area contributed by atoms with Gasteiger partial charge < -0.3 is 9.47 Å². The van der Waals surface area contributed by atoms with E-state index in [0.29, 0.717) is 52.4 Å². The molecule has 4 aromatic rings. The van der Waals surface area contributed by atoms with Crippen molar-refractivity contribution in [3.8, 4) is 11.5 Å². The van der Waals surface area contributed by atoms with Crippen LogP contribution in [0.5, 0.6) is 11.5 Å². The summed E-state index contributed by atoms with van der Waals surface area (Å²) in [6.07, 6.45) is 2.89. The van der Waals surface area contributed by atoms with Crippen molar-refractivity contribution in [3.63, 3.8) is 0 Å². The molecule has 0 atom stereocenters. The molecule has 38 heavy (non-hydrogen) atoms. The van der Waals surface area contributed by atoms with E-state index >= 15 is 0 Å². The van der Waals surface area contributed by atoms with E-state index in [-0.39, 0.29) is 22.9 Å². The van der Waals surface area contributed by atoms with Gasteiger partial charge in [-0.25, -0.2) is 4.98 Å². The lowest BCUT2D eigenvalue weighted by atomic mass is 10.2. The van der Waals surface area contributed by atoms with E-state index in [0.717, 1.165) is 10.9 Å². The molecule has 9 nitrogen and oxygen atoms in total. The minimum atomic E-state index is -0.461. The Hall–Kier alpha value is -3.76. The Morgan fingerprint density at radius 2 is 1.97 bits per heavy atom. The highest BCUT2D eigenvalue weighted by molar-refractivity contribution is 9.10. The minimum Gasteiger partial charge on any atom is -0.490 e. The van der Waals surface area contributed by atoms with Crippen molar-refractivity contribution in [2.45, 2.75) is 33.3 Å². The smallest absolute Gasteiger partial charge is 0.282 e. The van der Waals surface area contributed by atoms with Crippen LogP contribution in [0.2, 0.25) is 5.02 Å². The number of halogens is 2. The highest BCUT2D eigenvalue weighted by atomic mass is 79.9. The maximum absolute atomic E-state index is 13.2. The lowest BCUT2D eigenvalue weighted by Gasteiger charge is -2.14. The first-order valence-electron chi connectivity index (χ1n) is 11.9. The molecule has 11 heteroatoms. The van der Waals surface area contributed by atoms with Gasteiger partial charge in [0.25, 0.3) is 11.2 Å². The molecule has 0 unspecified atom stereocenters. The summed E-state index contributed by atoms with van der Waals surface area (Å²) in [6, 6.07) is 14.9. The number of aryl methyl sites for hydroxylation is 1. The topological polar surface area (TPSA) is 109 Å². The molecule has 0 aliphatic carbocycles. The summed E-state index contributed by atoms with van der Waals surface area (Å²) in [5.74, 6) is 1.24. The number of non-ortho nitro benzene ring substituents is 1. The summed E-state index contributed by atoms with van der Waals surface area (Å²) in [7, 11) is 0. The van der Waals surface area contributed by atoms with Crippen LogP contribution in [-0.4, -0.2) is 27.4 Å². The maximum Gasteiger partial charge on any atom is 0.282 e. The van der Waals surface area contributed by atoms with Crippen LogP contribution in [0.15, 0.2) is 69.0 Å². The van der Waals surface area contributed by atoms with Gasteiger partial charge in [0.1, 0.15) is 12.4 Å². The first kappa shape index (κ1) is 27.3. The van der Waals surface area contributed by atoms with E-state index in [1.807, 2.05) is 19.9 Å². The average Bonchev–Trinajstić information content (AvgIpc) is 2.89. The summed E-state index contributed by atoms with van der Waals surface area (Å²) >= 11 is 9.95. The average molecular weight is 600 g/mol. The van der Waals surface area contributed by atoms with Gasteiger partial charge in [-0.2, -0.15) is 9.78 Å². The molecule has 0 N–H and O–H groups in total. The predicted molar refractivity (Wildman–Crippen MR) is 151 cm³/mol. The summed E-state index contributed by atoms with van der Waals surface area (Å²) in [5, 5.41) is 16.2. The second-order valence-electron chi connectivity index (χ2n) is 8.28. The van der Waals surface area contributed by atoms with E-state index in [4.69, 9.17) is 21.1 Å². The SMILES string of the molecule is CCCc1nc2ccc(Br)cc2c(=O)n1N=Cc1cc(Cl)c(OCc2cccc([N+](=O)[O-])c2)c(OCC)c1. The normalized spacial score (nSPS) is 11.3. The van der Waals surface area contributed by atoms with Crippen LogP contribution >= 0.6 is 27.5 Å². The zero-order valence-electron chi connectivity index (χ0n) is 20.7. The van der Waals surface area contributed by atoms with Crippen molar-refractivity contribution in [2.75, 3.05) is 6.61 Å². The quantitative estimate of drug-likeness (QED) is 0.116. The number of ether oxygens (including phenoxy) is 2. The largest absolute Gasteiger partial charge is 0.490 e. The van der Waals surface area contributed by atoms with Crippen LogP contribution in [0, 0.1) is 10.1 Å². The number of rotatable bonds is 10. The van der Waals surface area contributed by atoms with E-state index in [2.05, 4.69) is 26.0 Å². The van der Waals surface area contributed by atoms with Gasteiger partial charge >= 0.3 is 0 Å². The molecule has 0 radical (unpaired) electrons. The van der Waals surface area contributed by atoms with Gasteiger partial charge in [-0.15, -0.1) is 0 Å². The van der Waals surface area contributed by atoms with Crippen LogP contribution in [0.4, 0.5) is 5.69 Å². The number of hydrogen-bond donors (Lipinski definition) is 0. The molecule has 0 aliphatic heterocycles. The highest BCUT2D eigenvalue weighted by Gasteiger charge is 2.15. The number of benzene rings is 3. The van der Waals surface area contributed by atoms with Gasteiger partial charge in [-0.1, -0.05) is 46.6 Å². The van der Waals surface area contributed by atoms with Gasteiger partial charge in [0.15, 0.2) is 11.5 Å². The van der Waals surface area contributed by atoms with E-state index in [1.54, 1.807) is 36.4 Å². The predicted octanol–water partition coefficient (Wildman–Crippen LogP) is 6.53. The summed E-state index contributed by atoms with van der Waals surface area (Å²) in [5.41, 5.74) is 1.51. The van der Waals surface area contributed by atoms with Crippen LogP contribution in [0.25, 0.3) is 10.9 Å². The zero-order chi connectivity index (χ0) is 27.2. The molecule has 1 aromatic heterocycles. The summed E-state index contributed by atoms with van der Waals surface area (Å²) in [6.45, 7) is 4.25. The molecule has 1 heterocycles.